The van der Waals surface area contributed by atoms with Crippen LogP contribution in [0.3, 0.4) is 0 Å². The molecule has 0 spiro atoms. The molecule has 7 heteroatoms. The number of H-pyrrole nitrogens is 2. The van der Waals surface area contributed by atoms with Gasteiger partial charge in [-0.25, -0.2) is 4.98 Å². The SMILES string of the molecule is Cc1cc(C)c(C(=O)NCc2ncn[nH]2)c(=O)[nH]1. The largest absolute Gasteiger partial charge is 0.345 e. The number of carbonyl (C=O) groups is 1. The molecule has 7 nitrogen and oxygen atoms in total. The fraction of sp³-hybridized carbons (Fsp3) is 0.273. The van der Waals surface area contributed by atoms with E-state index in [4.69, 9.17) is 0 Å². The van der Waals surface area contributed by atoms with Gasteiger partial charge in [0.15, 0.2) is 0 Å². The maximum Gasteiger partial charge on any atom is 0.261 e. The van der Waals surface area contributed by atoms with Gasteiger partial charge in [0.1, 0.15) is 17.7 Å². The third-order valence-corrected chi connectivity index (χ3v) is 2.47. The van der Waals surface area contributed by atoms with Crippen molar-refractivity contribution in [1.82, 2.24) is 25.5 Å². The minimum absolute atomic E-state index is 0.125. The van der Waals surface area contributed by atoms with Gasteiger partial charge in [0.2, 0.25) is 0 Å². The molecule has 2 heterocycles. The Morgan fingerprint density at radius 1 is 1.44 bits per heavy atom. The maximum absolute atomic E-state index is 11.9. The molecular formula is C11H13N5O2. The lowest BCUT2D eigenvalue weighted by Crippen LogP contribution is -2.31. The molecule has 94 valence electrons. The van der Waals surface area contributed by atoms with Crippen LogP contribution in [0.5, 0.6) is 0 Å². The molecule has 1 amide bonds. The summed E-state index contributed by atoms with van der Waals surface area (Å²) < 4.78 is 0. The number of nitrogens with zero attached hydrogens (tertiary/aromatic N) is 2. The van der Waals surface area contributed by atoms with E-state index >= 15 is 0 Å². The fourth-order valence-electron chi connectivity index (χ4n) is 1.70. The van der Waals surface area contributed by atoms with Crippen LogP contribution in [-0.2, 0) is 6.54 Å². The second-order valence-electron chi connectivity index (χ2n) is 3.95. The second kappa shape index (κ2) is 4.82. The average molecular weight is 247 g/mol. The van der Waals surface area contributed by atoms with Crippen LogP contribution < -0.4 is 10.9 Å². The number of hydrogen-bond acceptors (Lipinski definition) is 4. The molecule has 18 heavy (non-hydrogen) atoms. The number of aryl methyl sites for hydroxylation is 2. The number of pyridine rings is 1. The molecule has 0 aliphatic carbocycles. The van der Waals surface area contributed by atoms with Gasteiger partial charge in [-0.15, -0.1) is 0 Å². The highest BCUT2D eigenvalue weighted by Gasteiger charge is 2.14. The third-order valence-electron chi connectivity index (χ3n) is 2.47. The van der Waals surface area contributed by atoms with Gasteiger partial charge in [-0.2, -0.15) is 5.10 Å². The Kier molecular flexibility index (Phi) is 3.22. The summed E-state index contributed by atoms with van der Waals surface area (Å²) in [5, 5.41) is 8.89. The lowest BCUT2D eigenvalue weighted by molar-refractivity contribution is 0.0947. The monoisotopic (exact) mass is 247 g/mol. The second-order valence-corrected chi connectivity index (χ2v) is 3.95. The van der Waals surface area contributed by atoms with Gasteiger partial charge >= 0.3 is 0 Å². The summed E-state index contributed by atoms with van der Waals surface area (Å²) in [4.78, 5) is 30.1. The molecule has 0 saturated heterocycles. The topological polar surface area (TPSA) is 104 Å². The van der Waals surface area contributed by atoms with Crippen molar-refractivity contribution in [1.29, 1.82) is 0 Å². The van der Waals surface area contributed by atoms with Gasteiger partial charge in [-0.05, 0) is 25.5 Å². The molecule has 0 saturated carbocycles. The Morgan fingerprint density at radius 3 is 2.83 bits per heavy atom. The average Bonchev–Trinajstić information content (AvgIpc) is 2.77. The van der Waals surface area contributed by atoms with Crippen molar-refractivity contribution in [3.05, 3.63) is 45.4 Å². The predicted molar refractivity (Wildman–Crippen MR) is 64.1 cm³/mol. The normalized spacial score (nSPS) is 10.3. The highest BCUT2D eigenvalue weighted by atomic mass is 16.2. The van der Waals surface area contributed by atoms with Crippen molar-refractivity contribution < 1.29 is 4.79 Å². The van der Waals surface area contributed by atoms with E-state index in [2.05, 4.69) is 25.5 Å². The van der Waals surface area contributed by atoms with Crippen LogP contribution in [0.15, 0.2) is 17.2 Å². The lowest BCUT2D eigenvalue weighted by Gasteiger charge is -2.06. The quantitative estimate of drug-likeness (QED) is 0.712. The van der Waals surface area contributed by atoms with E-state index in [0.29, 0.717) is 11.4 Å². The summed E-state index contributed by atoms with van der Waals surface area (Å²) in [6, 6.07) is 1.75. The predicted octanol–water partition coefficient (Wildman–Crippen LogP) is 0.0398. The van der Waals surface area contributed by atoms with E-state index in [1.165, 1.54) is 6.33 Å². The van der Waals surface area contributed by atoms with Crippen LogP contribution in [0, 0.1) is 13.8 Å². The van der Waals surface area contributed by atoms with Crippen molar-refractivity contribution in [3.8, 4) is 0 Å². The zero-order valence-electron chi connectivity index (χ0n) is 10.1. The van der Waals surface area contributed by atoms with E-state index in [1.807, 2.05) is 0 Å². The molecule has 2 aromatic heterocycles. The molecule has 0 radical (unpaired) electrons. The summed E-state index contributed by atoms with van der Waals surface area (Å²) in [6.07, 6.45) is 1.35. The zero-order chi connectivity index (χ0) is 13.1. The summed E-state index contributed by atoms with van der Waals surface area (Å²) >= 11 is 0. The Labute approximate surface area is 103 Å². The summed E-state index contributed by atoms with van der Waals surface area (Å²) in [6.45, 7) is 3.70. The first-order valence-corrected chi connectivity index (χ1v) is 5.41. The Morgan fingerprint density at radius 2 is 2.22 bits per heavy atom. The standard InChI is InChI=1S/C11H13N5O2/c1-6-3-7(2)15-11(18)9(6)10(17)12-4-8-13-5-14-16-8/h3,5H,4H2,1-2H3,(H,12,17)(H,15,18)(H,13,14,16). The smallest absolute Gasteiger partial charge is 0.261 e. The fourth-order valence-corrected chi connectivity index (χ4v) is 1.70. The molecular weight excluding hydrogens is 234 g/mol. The molecule has 0 aliphatic rings. The lowest BCUT2D eigenvalue weighted by atomic mass is 10.1. The molecule has 2 aromatic rings. The van der Waals surface area contributed by atoms with Crippen LogP contribution in [0.4, 0.5) is 0 Å². The van der Waals surface area contributed by atoms with Gasteiger partial charge in [0.25, 0.3) is 11.5 Å². The molecule has 0 bridgehead atoms. The van der Waals surface area contributed by atoms with Crippen LogP contribution in [0.25, 0.3) is 0 Å². The summed E-state index contributed by atoms with van der Waals surface area (Å²) in [7, 11) is 0. The van der Waals surface area contributed by atoms with E-state index < -0.39 is 5.91 Å². The number of nitrogens with one attached hydrogen (secondary N) is 3. The van der Waals surface area contributed by atoms with Gasteiger partial charge in [-0.3, -0.25) is 14.7 Å². The minimum Gasteiger partial charge on any atom is -0.345 e. The first-order valence-electron chi connectivity index (χ1n) is 5.41. The number of carbonyl (C=O) groups excluding carboxylic acids is 1. The van der Waals surface area contributed by atoms with Gasteiger partial charge in [0, 0.05) is 5.69 Å². The molecule has 0 unspecified atom stereocenters. The first-order chi connectivity index (χ1) is 8.58. The van der Waals surface area contributed by atoms with Crippen LogP contribution in [0.1, 0.15) is 27.4 Å². The highest BCUT2D eigenvalue weighted by molar-refractivity contribution is 5.95. The summed E-state index contributed by atoms with van der Waals surface area (Å²) in [5.41, 5.74) is 1.11. The third kappa shape index (κ3) is 2.45. The van der Waals surface area contributed by atoms with E-state index in [0.717, 1.165) is 5.69 Å². The van der Waals surface area contributed by atoms with E-state index in [-0.39, 0.29) is 17.7 Å². The number of rotatable bonds is 3. The number of aromatic amines is 2. The molecule has 0 aromatic carbocycles. The van der Waals surface area contributed by atoms with Gasteiger partial charge in [0.05, 0.1) is 6.54 Å². The van der Waals surface area contributed by atoms with Crippen molar-refractivity contribution in [2.75, 3.05) is 0 Å². The summed E-state index contributed by atoms with van der Waals surface area (Å²) in [5.74, 6) is 0.106. The van der Waals surface area contributed by atoms with Crippen LogP contribution >= 0.6 is 0 Å². The number of hydrogen-bond donors (Lipinski definition) is 3. The maximum atomic E-state index is 11.9. The number of aromatic nitrogens is 4. The van der Waals surface area contributed by atoms with Crippen molar-refractivity contribution in [2.45, 2.75) is 20.4 Å². The van der Waals surface area contributed by atoms with Crippen LogP contribution in [-0.4, -0.2) is 26.1 Å². The highest BCUT2D eigenvalue weighted by Crippen LogP contribution is 2.03. The Hall–Kier alpha value is -2.44. The van der Waals surface area contributed by atoms with Crippen molar-refractivity contribution in [2.24, 2.45) is 0 Å². The first kappa shape index (κ1) is 12.0. The van der Waals surface area contributed by atoms with E-state index in [9.17, 15) is 9.59 Å². The molecule has 3 N–H and O–H groups in total. The van der Waals surface area contributed by atoms with Crippen molar-refractivity contribution in [3.63, 3.8) is 0 Å². The molecule has 0 aliphatic heterocycles. The zero-order valence-corrected chi connectivity index (χ0v) is 10.1. The minimum atomic E-state index is -0.426. The molecule has 0 atom stereocenters. The Bertz CT molecular complexity index is 615. The van der Waals surface area contributed by atoms with Gasteiger partial charge < -0.3 is 10.3 Å². The van der Waals surface area contributed by atoms with Crippen LogP contribution in [0.2, 0.25) is 0 Å². The molecule has 0 fully saturated rings. The van der Waals surface area contributed by atoms with Crippen molar-refractivity contribution >= 4 is 5.91 Å². The van der Waals surface area contributed by atoms with E-state index in [1.54, 1.807) is 19.9 Å². The van der Waals surface area contributed by atoms with Gasteiger partial charge in [-0.1, -0.05) is 0 Å². The molecule has 2 rings (SSSR count). The Balaban J connectivity index is 2.17. The number of amides is 1.